The van der Waals surface area contributed by atoms with Crippen LogP contribution in [0.25, 0.3) is 0 Å². The van der Waals surface area contributed by atoms with Gasteiger partial charge in [-0.1, -0.05) is 72.7 Å². The molecule has 0 unspecified atom stereocenters. The fourth-order valence-corrected chi connectivity index (χ4v) is 2.85. The number of para-hydroxylation sites is 1. The Labute approximate surface area is 187 Å². The number of nitrogens with zero attached hydrogens (tertiary/aromatic N) is 1. The van der Waals surface area contributed by atoms with Gasteiger partial charge in [0.05, 0.1) is 11.4 Å². The molecule has 2 rings (SSSR count). The molecule has 0 aliphatic rings. The zero-order chi connectivity index (χ0) is 21.5. The van der Waals surface area contributed by atoms with Crippen molar-refractivity contribution >= 4 is 30.0 Å². The maximum absolute atomic E-state index is 11.0. The Kier molecular flexibility index (Phi) is 9.76. The normalized spacial score (nSPS) is 12.2. The summed E-state index contributed by atoms with van der Waals surface area (Å²) in [6.45, 7) is 15.1. The Hall–Kier alpha value is -0.796. The second-order valence-corrected chi connectivity index (χ2v) is 11.3. The predicted molar refractivity (Wildman–Crippen MR) is 120 cm³/mol. The first kappa shape index (κ1) is 25.2. The van der Waals surface area contributed by atoms with E-state index in [-0.39, 0.29) is 10.8 Å². The first-order valence-electron chi connectivity index (χ1n) is 9.42. The van der Waals surface area contributed by atoms with Gasteiger partial charge in [-0.3, -0.25) is 4.99 Å². The molecule has 2 aromatic carbocycles. The van der Waals surface area contributed by atoms with Crippen molar-refractivity contribution in [3.8, 4) is 5.75 Å². The molecule has 28 heavy (non-hydrogen) atoms. The van der Waals surface area contributed by atoms with Gasteiger partial charge in [-0.15, -0.1) is 0 Å². The zero-order valence-electron chi connectivity index (χ0n) is 17.9. The van der Waals surface area contributed by atoms with Gasteiger partial charge in [-0.05, 0) is 41.0 Å². The Balaban J connectivity index is 0.00000122. The van der Waals surface area contributed by atoms with Crippen LogP contribution in [0.3, 0.4) is 0 Å². The summed E-state index contributed by atoms with van der Waals surface area (Å²) < 4.78 is 0. The van der Waals surface area contributed by atoms with Gasteiger partial charge in [0, 0.05) is 11.1 Å². The van der Waals surface area contributed by atoms with Crippen molar-refractivity contribution in [2.75, 3.05) is 0 Å². The number of aliphatic imine (C=N–C) groups is 1. The summed E-state index contributed by atoms with van der Waals surface area (Å²) in [6, 6.07) is 14.2. The number of hydrogen-bond acceptors (Lipinski definition) is 2. The van der Waals surface area contributed by atoms with Crippen LogP contribution in [0.15, 0.2) is 47.5 Å². The van der Waals surface area contributed by atoms with Crippen LogP contribution in [0.5, 0.6) is 5.75 Å². The molecule has 0 fully saturated rings. The molecule has 0 heterocycles. The summed E-state index contributed by atoms with van der Waals surface area (Å²) in [7, 11) is 9.78. The molecule has 0 amide bonds. The van der Waals surface area contributed by atoms with Gasteiger partial charge in [-0.2, -0.15) is 0 Å². The standard InChI is InChI=1S/C23H31NO.2ClH.Ti/c1-8-20(24-17-12-10-9-11-13-17)18-14-16(22(2,3)4)15-19(21(18)25)23(5,6)7;;;/h9-15,25H,8H2,1-7H3;2*1H;/q;;;+2/p-2. The average Bonchev–Trinajstić information content (AvgIpc) is 2.59. The first-order chi connectivity index (χ1) is 13.0. The topological polar surface area (TPSA) is 32.6 Å². The summed E-state index contributed by atoms with van der Waals surface area (Å²) in [5.41, 5.74) is 4.75. The Bertz CT molecular complexity index is 791. The van der Waals surface area contributed by atoms with E-state index >= 15 is 0 Å². The first-order valence-corrected chi connectivity index (χ1v) is 13.7. The van der Waals surface area contributed by atoms with E-state index in [9.17, 15) is 5.11 Å². The minimum atomic E-state index is -0.556. The van der Waals surface area contributed by atoms with Gasteiger partial charge in [0.25, 0.3) is 0 Å². The fourth-order valence-electron chi connectivity index (χ4n) is 2.85. The number of rotatable bonds is 3. The number of aromatic hydroxyl groups is 1. The minimum absolute atomic E-state index is 0.00798. The van der Waals surface area contributed by atoms with Crippen molar-refractivity contribution in [1.29, 1.82) is 0 Å². The quantitative estimate of drug-likeness (QED) is 0.370. The van der Waals surface area contributed by atoms with Crippen LogP contribution in [0, 0.1) is 0 Å². The molecule has 0 aliphatic heterocycles. The molecule has 1 N–H and O–H groups in total. The summed E-state index contributed by atoms with van der Waals surface area (Å²) in [5, 5.41) is 11.0. The van der Waals surface area contributed by atoms with Crippen LogP contribution in [-0.4, -0.2) is 10.8 Å². The second kappa shape index (κ2) is 10.8. The number of benzene rings is 2. The van der Waals surface area contributed by atoms with E-state index in [0.717, 1.165) is 28.9 Å². The molecule has 152 valence electrons. The molecule has 2 aromatic rings. The third-order valence-electron chi connectivity index (χ3n) is 4.45. The molecular formula is C23H31Cl2NOTi. The monoisotopic (exact) mass is 455 g/mol. The molecule has 0 aromatic heterocycles. The molecule has 0 radical (unpaired) electrons. The maximum atomic E-state index is 11.0. The molecule has 0 atom stereocenters. The van der Waals surface area contributed by atoms with E-state index in [1.165, 1.54) is 5.56 Å². The van der Waals surface area contributed by atoms with Crippen LogP contribution < -0.4 is 0 Å². The van der Waals surface area contributed by atoms with E-state index < -0.39 is 17.0 Å². The SMILES string of the molecule is CCC(=Nc1ccccc1)c1cc(C(C)(C)C)cc(C(C)(C)C)c1O.[Cl][Ti][Cl]. The molecule has 0 bridgehead atoms. The molecule has 0 saturated heterocycles. The van der Waals surface area contributed by atoms with Crippen LogP contribution >= 0.6 is 18.6 Å². The fraction of sp³-hybridized carbons (Fsp3) is 0.435. The average molecular weight is 456 g/mol. The third-order valence-corrected chi connectivity index (χ3v) is 4.45. The third kappa shape index (κ3) is 7.23. The predicted octanol–water partition coefficient (Wildman–Crippen LogP) is 7.89. The Morgan fingerprint density at radius 1 is 0.964 bits per heavy atom. The van der Waals surface area contributed by atoms with Crippen molar-refractivity contribution in [1.82, 2.24) is 0 Å². The molecule has 0 aliphatic carbocycles. The number of phenols is 1. The van der Waals surface area contributed by atoms with Crippen LogP contribution in [0.2, 0.25) is 0 Å². The van der Waals surface area contributed by atoms with Crippen molar-refractivity contribution in [2.45, 2.75) is 65.7 Å². The molecule has 2 nitrogen and oxygen atoms in total. The van der Waals surface area contributed by atoms with Gasteiger partial charge >= 0.3 is 35.6 Å². The zero-order valence-corrected chi connectivity index (χ0v) is 21.0. The Morgan fingerprint density at radius 3 is 1.93 bits per heavy atom. The van der Waals surface area contributed by atoms with Gasteiger partial charge in [0.2, 0.25) is 0 Å². The molecular weight excluding hydrogens is 425 g/mol. The van der Waals surface area contributed by atoms with Crippen LogP contribution in [0.4, 0.5) is 5.69 Å². The van der Waals surface area contributed by atoms with Crippen molar-refractivity contribution in [2.24, 2.45) is 4.99 Å². The summed E-state index contributed by atoms with van der Waals surface area (Å²) >= 11 is -0.556. The Morgan fingerprint density at radius 2 is 1.50 bits per heavy atom. The molecule has 0 saturated carbocycles. The van der Waals surface area contributed by atoms with E-state index in [2.05, 4.69) is 60.6 Å². The van der Waals surface area contributed by atoms with Gasteiger partial charge in [0.1, 0.15) is 5.75 Å². The molecule has 5 heteroatoms. The van der Waals surface area contributed by atoms with E-state index in [4.69, 9.17) is 23.6 Å². The number of halogens is 2. The van der Waals surface area contributed by atoms with Gasteiger partial charge in [0.15, 0.2) is 0 Å². The van der Waals surface area contributed by atoms with E-state index in [0.29, 0.717) is 5.75 Å². The van der Waals surface area contributed by atoms with Gasteiger partial charge in [-0.25, -0.2) is 0 Å². The van der Waals surface area contributed by atoms with E-state index in [1.54, 1.807) is 0 Å². The number of hydrogen-bond donors (Lipinski definition) is 1. The second-order valence-electron chi connectivity index (χ2n) is 8.74. The van der Waals surface area contributed by atoms with Crippen molar-refractivity contribution in [3.05, 3.63) is 59.2 Å². The van der Waals surface area contributed by atoms with E-state index in [1.807, 2.05) is 30.3 Å². The summed E-state index contributed by atoms with van der Waals surface area (Å²) in [5.74, 6) is 0.358. The number of phenolic OH excluding ortho intramolecular Hbond substituents is 1. The summed E-state index contributed by atoms with van der Waals surface area (Å²) in [4.78, 5) is 4.81. The van der Waals surface area contributed by atoms with Crippen LogP contribution in [-0.2, 0) is 27.9 Å². The molecule has 0 spiro atoms. The van der Waals surface area contributed by atoms with Crippen molar-refractivity contribution < 1.29 is 22.1 Å². The van der Waals surface area contributed by atoms with Gasteiger partial charge < -0.3 is 5.11 Å². The van der Waals surface area contributed by atoms with Crippen LogP contribution in [0.1, 0.15) is 71.6 Å². The van der Waals surface area contributed by atoms with Crippen molar-refractivity contribution in [3.63, 3.8) is 0 Å². The summed E-state index contributed by atoms with van der Waals surface area (Å²) in [6.07, 6.45) is 0.764.